The summed E-state index contributed by atoms with van der Waals surface area (Å²) >= 11 is 1.26. The van der Waals surface area contributed by atoms with Gasteiger partial charge in [0.15, 0.2) is 0 Å². The highest BCUT2D eigenvalue weighted by atomic mass is 32.1. The summed E-state index contributed by atoms with van der Waals surface area (Å²) in [6.07, 6.45) is 1.14. The van der Waals surface area contributed by atoms with Crippen LogP contribution in [0.1, 0.15) is 18.2 Å². The molecule has 2 rings (SSSR count). The number of nitro groups is 1. The third kappa shape index (κ3) is 3.28. The molecule has 1 saturated heterocycles. The molecule has 1 aromatic heterocycles. The first-order valence-corrected chi connectivity index (χ1v) is 7.03. The van der Waals surface area contributed by atoms with E-state index in [4.69, 9.17) is 0 Å². The van der Waals surface area contributed by atoms with E-state index < -0.39 is 0 Å². The van der Waals surface area contributed by atoms with Gasteiger partial charge in [0.05, 0.1) is 4.92 Å². The van der Waals surface area contributed by atoms with Crippen LogP contribution in [0.5, 0.6) is 0 Å². The fraction of sp³-hybridized carbons (Fsp3) is 0.667. The van der Waals surface area contributed by atoms with Crippen LogP contribution in [0.2, 0.25) is 0 Å². The molecule has 2 atom stereocenters. The first-order chi connectivity index (χ1) is 8.56. The summed E-state index contributed by atoms with van der Waals surface area (Å²) in [5.41, 5.74) is 0. The molecule has 0 aliphatic carbocycles. The fourth-order valence-electron chi connectivity index (χ4n) is 2.45. The summed E-state index contributed by atoms with van der Waals surface area (Å²) in [4.78, 5) is 13.7. The van der Waals surface area contributed by atoms with Crippen LogP contribution >= 0.6 is 11.3 Å². The smallest absolute Gasteiger partial charge is 0.309 e. The molecule has 2 heterocycles. The molecule has 0 saturated carbocycles. The molecule has 1 aliphatic heterocycles. The van der Waals surface area contributed by atoms with Crippen molar-refractivity contribution in [2.24, 2.45) is 5.92 Å². The molecule has 5 nitrogen and oxygen atoms in total. The van der Waals surface area contributed by atoms with Gasteiger partial charge >= 0.3 is 5.00 Å². The molecule has 1 aromatic rings. The first-order valence-electron chi connectivity index (χ1n) is 6.21. The van der Waals surface area contributed by atoms with Gasteiger partial charge in [0.2, 0.25) is 0 Å². The molecular weight excluding hydrogens is 250 g/mol. The second-order valence-corrected chi connectivity index (χ2v) is 6.16. The Morgan fingerprint density at radius 3 is 3.00 bits per heavy atom. The summed E-state index contributed by atoms with van der Waals surface area (Å²) in [5, 5.41) is 14.3. The molecule has 1 fully saturated rings. The van der Waals surface area contributed by atoms with E-state index in [1.165, 1.54) is 11.3 Å². The predicted molar refractivity (Wildman–Crippen MR) is 72.9 cm³/mol. The Balaban J connectivity index is 1.85. The lowest BCUT2D eigenvalue weighted by molar-refractivity contribution is -0.380. The second kappa shape index (κ2) is 5.77. The lowest BCUT2D eigenvalue weighted by atomic mass is 9.94. The zero-order valence-corrected chi connectivity index (χ0v) is 11.6. The molecule has 100 valence electrons. The third-order valence-electron chi connectivity index (χ3n) is 3.47. The van der Waals surface area contributed by atoms with E-state index in [2.05, 4.69) is 24.2 Å². The van der Waals surface area contributed by atoms with E-state index in [9.17, 15) is 10.1 Å². The molecular formula is C12H19N3O2S. The molecule has 1 aliphatic rings. The van der Waals surface area contributed by atoms with Crippen molar-refractivity contribution in [3.8, 4) is 0 Å². The van der Waals surface area contributed by atoms with Gasteiger partial charge in [0.1, 0.15) is 0 Å². The molecule has 2 unspecified atom stereocenters. The van der Waals surface area contributed by atoms with Crippen molar-refractivity contribution in [1.82, 2.24) is 10.2 Å². The largest absolute Gasteiger partial charge is 0.324 e. The van der Waals surface area contributed by atoms with Crippen LogP contribution in [-0.4, -0.2) is 36.0 Å². The summed E-state index contributed by atoms with van der Waals surface area (Å²) < 4.78 is 0. The Labute approximate surface area is 111 Å². The third-order valence-corrected chi connectivity index (χ3v) is 4.51. The van der Waals surface area contributed by atoms with Gasteiger partial charge in [-0.15, -0.1) is 0 Å². The second-order valence-electron chi connectivity index (χ2n) is 5.01. The zero-order chi connectivity index (χ0) is 13.1. The number of hydrogen-bond acceptors (Lipinski definition) is 5. The highest BCUT2D eigenvalue weighted by Crippen LogP contribution is 2.24. The average Bonchev–Trinajstić information content (AvgIpc) is 2.76. The number of rotatable bonds is 4. The zero-order valence-electron chi connectivity index (χ0n) is 10.8. The monoisotopic (exact) mass is 269 g/mol. The van der Waals surface area contributed by atoms with Crippen LogP contribution in [0.3, 0.4) is 0 Å². The number of nitrogens with zero attached hydrogens (tertiary/aromatic N) is 2. The minimum absolute atomic E-state index is 0.225. The van der Waals surface area contributed by atoms with Gasteiger partial charge in [-0.25, -0.2) is 0 Å². The Kier molecular flexibility index (Phi) is 4.31. The summed E-state index contributed by atoms with van der Waals surface area (Å²) in [6, 6.07) is 3.94. The maximum atomic E-state index is 10.6. The quantitative estimate of drug-likeness (QED) is 0.671. The SMILES string of the molecule is CC1CN(C)CCC1NCc1ccc([N+](=O)[O-])s1. The van der Waals surface area contributed by atoms with E-state index in [0.29, 0.717) is 12.0 Å². The van der Waals surface area contributed by atoms with Crippen molar-refractivity contribution in [3.63, 3.8) is 0 Å². The van der Waals surface area contributed by atoms with Crippen LogP contribution in [0.25, 0.3) is 0 Å². The van der Waals surface area contributed by atoms with E-state index in [-0.39, 0.29) is 9.92 Å². The normalized spacial score (nSPS) is 25.2. The molecule has 0 amide bonds. The highest BCUT2D eigenvalue weighted by molar-refractivity contribution is 7.15. The van der Waals surface area contributed by atoms with Crippen molar-refractivity contribution in [1.29, 1.82) is 0 Å². The Morgan fingerprint density at radius 2 is 2.39 bits per heavy atom. The molecule has 0 spiro atoms. The Bertz CT molecular complexity index is 421. The van der Waals surface area contributed by atoms with Gasteiger partial charge in [-0.05, 0) is 32.0 Å². The van der Waals surface area contributed by atoms with Crippen molar-refractivity contribution in [3.05, 3.63) is 27.1 Å². The minimum atomic E-state index is -0.327. The summed E-state index contributed by atoms with van der Waals surface area (Å²) in [7, 11) is 2.15. The van der Waals surface area contributed by atoms with Crippen LogP contribution in [0, 0.1) is 16.0 Å². The van der Waals surface area contributed by atoms with Crippen molar-refractivity contribution in [2.75, 3.05) is 20.1 Å². The number of thiophene rings is 1. The van der Waals surface area contributed by atoms with Crippen LogP contribution < -0.4 is 5.32 Å². The van der Waals surface area contributed by atoms with Gasteiger partial charge in [-0.2, -0.15) is 0 Å². The molecule has 0 radical (unpaired) electrons. The number of nitrogens with one attached hydrogen (secondary N) is 1. The van der Waals surface area contributed by atoms with E-state index in [1.807, 2.05) is 6.07 Å². The van der Waals surface area contributed by atoms with Gasteiger partial charge in [0.25, 0.3) is 0 Å². The summed E-state index contributed by atoms with van der Waals surface area (Å²) in [6.45, 7) is 5.22. The van der Waals surface area contributed by atoms with E-state index >= 15 is 0 Å². The van der Waals surface area contributed by atoms with Gasteiger partial charge < -0.3 is 10.2 Å². The molecule has 1 N–H and O–H groups in total. The molecule has 6 heteroatoms. The van der Waals surface area contributed by atoms with Crippen molar-refractivity contribution in [2.45, 2.75) is 25.9 Å². The lowest BCUT2D eigenvalue weighted by Gasteiger charge is -2.35. The lowest BCUT2D eigenvalue weighted by Crippen LogP contribution is -2.46. The Morgan fingerprint density at radius 1 is 1.61 bits per heavy atom. The maximum absolute atomic E-state index is 10.6. The number of hydrogen-bond donors (Lipinski definition) is 1. The van der Waals surface area contributed by atoms with Crippen molar-refractivity contribution >= 4 is 16.3 Å². The predicted octanol–water partition coefficient (Wildman–Crippen LogP) is 2.09. The first kappa shape index (κ1) is 13.5. The number of piperidine rings is 1. The van der Waals surface area contributed by atoms with Gasteiger partial charge in [0, 0.05) is 30.1 Å². The van der Waals surface area contributed by atoms with Crippen LogP contribution in [-0.2, 0) is 6.54 Å². The molecule has 0 bridgehead atoms. The maximum Gasteiger partial charge on any atom is 0.324 e. The average molecular weight is 269 g/mol. The Hall–Kier alpha value is -0.980. The highest BCUT2D eigenvalue weighted by Gasteiger charge is 2.23. The number of likely N-dealkylation sites (tertiary alicyclic amines) is 1. The molecule has 18 heavy (non-hydrogen) atoms. The van der Waals surface area contributed by atoms with E-state index in [0.717, 1.165) is 30.9 Å². The standard InChI is InChI=1S/C12H19N3O2S/c1-9-8-14(2)6-5-11(9)13-7-10-3-4-12(18-10)15(16)17/h3-4,9,11,13H,5-8H2,1-2H3. The van der Waals surface area contributed by atoms with Crippen LogP contribution in [0.4, 0.5) is 5.00 Å². The van der Waals surface area contributed by atoms with Crippen LogP contribution in [0.15, 0.2) is 12.1 Å². The van der Waals surface area contributed by atoms with E-state index in [1.54, 1.807) is 6.07 Å². The minimum Gasteiger partial charge on any atom is -0.309 e. The topological polar surface area (TPSA) is 58.4 Å². The van der Waals surface area contributed by atoms with Crippen molar-refractivity contribution < 1.29 is 4.92 Å². The van der Waals surface area contributed by atoms with Gasteiger partial charge in [-0.3, -0.25) is 10.1 Å². The fourth-order valence-corrected chi connectivity index (χ4v) is 3.22. The summed E-state index contributed by atoms with van der Waals surface area (Å²) in [5.74, 6) is 0.624. The molecule has 0 aromatic carbocycles. The van der Waals surface area contributed by atoms with Gasteiger partial charge in [-0.1, -0.05) is 18.3 Å².